The maximum Gasteiger partial charge on any atom is 0.326 e. The van der Waals surface area contributed by atoms with Crippen molar-refractivity contribution in [3.63, 3.8) is 0 Å². The fraction of sp³-hybridized carbons (Fsp3) is 0.308. The molecule has 1 atom stereocenters. The van der Waals surface area contributed by atoms with Crippen LogP contribution < -0.4 is 10.6 Å². The summed E-state index contributed by atoms with van der Waals surface area (Å²) in [7, 11) is 0. The van der Waals surface area contributed by atoms with Crippen LogP contribution in [0.15, 0.2) is 18.2 Å². The number of benzene rings is 1. The monoisotopic (exact) mass is 262 g/mol. The number of carbonyl (C=O) groups excluding carboxylic acids is 2. The number of nitrogens with one attached hydrogen (secondary N) is 2. The zero-order valence-electron chi connectivity index (χ0n) is 10.4. The lowest BCUT2D eigenvalue weighted by molar-refractivity contribution is -0.141. The van der Waals surface area contributed by atoms with Crippen molar-refractivity contribution in [3.05, 3.63) is 29.3 Å². The fourth-order valence-corrected chi connectivity index (χ4v) is 2.09. The molecule has 0 aliphatic carbocycles. The number of carboxylic acids is 1. The quantitative estimate of drug-likeness (QED) is 0.727. The van der Waals surface area contributed by atoms with Crippen molar-refractivity contribution in [1.82, 2.24) is 5.32 Å². The minimum Gasteiger partial charge on any atom is -0.480 e. The lowest BCUT2D eigenvalue weighted by Crippen LogP contribution is -2.41. The summed E-state index contributed by atoms with van der Waals surface area (Å²) < 4.78 is 0. The van der Waals surface area contributed by atoms with E-state index in [2.05, 4.69) is 10.6 Å². The van der Waals surface area contributed by atoms with Gasteiger partial charge >= 0.3 is 5.97 Å². The number of anilines is 1. The van der Waals surface area contributed by atoms with Gasteiger partial charge in [0.25, 0.3) is 0 Å². The van der Waals surface area contributed by atoms with Crippen molar-refractivity contribution in [2.75, 3.05) is 5.32 Å². The van der Waals surface area contributed by atoms with Crippen LogP contribution in [0.25, 0.3) is 0 Å². The van der Waals surface area contributed by atoms with E-state index in [0.717, 1.165) is 16.8 Å². The molecule has 0 aromatic heterocycles. The number of fused-ring (bicyclic) bond motifs is 1. The highest BCUT2D eigenvalue weighted by atomic mass is 16.4. The van der Waals surface area contributed by atoms with Gasteiger partial charge < -0.3 is 15.7 Å². The first-order valence-electron chi connectivity index (χ1n) is 5.87. The third-order valence-electron chi connectivity index (χ3n) is 2.91. The van der Waals surface area contributed by atoms with E-state index in [9.17, 15) is 14.4 Å². The molecule has 1 aliphatic rings. The smallest absolute Gasteiger partial charge is 0.326 e. The van der Waals surface area contributed by atoms with Crippen LogP contribution in [0.3, 0.4) is 0 Å². The van der Waals surface area contributed by atoms with Crippen molar-refractivity contribution in [3.8, 4) is 0 Å². The minimum atomic E-state index is -1.08. The lowest BCUT2D eigenvalue weighted by Gasteiger charge is -2.13. The molecule has 3 N–H and O–H groups in total. The molecule has 6 heteroatoms. The largest absolute Gasteiger partial charge is 0.480 e. The molecule has 2 amide bonds. The molecule has 19 heavy (non-hydrogen) atoms. The van der Waals surface area contributed by atoms with E-state index < -0.39 is 12.0 Å². The normalized spacial score (nSPS) is 14.5. The Labute approximate surface area is 109 Å². The van der Waals surface area contributed by atoms with Gasteiger partial charge in [-0.3, -0.25) is 9.59 Å². The molecular weight excluding hydrogens is 248 g/mol. The van der Waals surface area contributed by atoms with Crippen LogP contribution in [-0.2, 0) is 27.2 Å². The third-order valence-corrected chi connectivity index (χ3v) is 2.91. The highest BCUT2D eigenvalue weighted by molar-refractivity contribution is 5.99. The van der Waals surface area contributed by atoms with E-state index in [0.29, 0.717) is 6.42 Å². The summed E-state index contributed by atoms with van der Waals surface area (Å²) in [4.78, 5) is 33.2. The van der Waals surface area contributed by atoms with Crippen LogP contribution in [0.4, 0.5) is 5.69 Å². The topological polar surface area (TPSA) is 95.5 Å². The van der Waals surface area contributed by atoms with Crippen molar-refractivity contribution in [2.24, 2.45) is 0 Å². The highest BCUT2D eigenvalue weighted by Gasteiger charge is 2.21. The summed E-state index contributed by atoms with van der Waals surface area (Å²) in [5.41, 5.74) is 2.39. The SMILES string of the molecule is CC(=O)NC(Cc1ccc2c(c1)CC(=O)N2)C(=O)O. The van der Waals surface area contributed by atoms with E-state index in [1.165, 1.54) is 6.92 Å². The number of aliphatic carboxylic acids is 1. The van der Waals surface area contributed by atoms with E-state index in [4.69, 9.17) is 5.11 Å². The Morgan fingerprint density at radius 2 is 2.21 bits per heavy atom. The molecule has 0 spiro atoms. The van der Waals surface area contributed by atoms with Crippen LogP contribution in [0.2, 0.25) is 0 Å². The number of carboxylic acid groups (broad SMARTS) is 1. The van der Waals surface area contributed by atoms with Crippen LogP contribution in [0, 0.1) is 0 Å². The molecule has 1 heterocycles. The van der Waals surface area contributed by atoms with Gasteiger partial charge in [-0.1, -0.05) is 12.1 Å². The molecule has 0 radical (unpaired) electrons. The van der Waals surface area contributed by atoms with E-state index in [-0.39, 0.29) is 18.2 Å². The summed E-state index contributed by atoms with van der Waals surface area (Å²) in [5.74, 6) is -1.53. The summed E-state index contributed by atoms with van der Waals surface area (Å²) in [6, 6.07) is 4.34. The van der Waals surface area contributed by atoms with Crippen LogP contribution >= 0.6 is 0 Å². The van der Waals surface area contributed by atoms with E-state index >= 15 is 0 Å². The van der Waals surface area contributed by atoms with Crippen LogP contribution in [-0.4, -0.2) is 28.9 Å². The Bertz CT molecular complexity index is 554. The average Bonchev–Trinajstić information content (AvgIpc) is 2.66. The van der Waals surface area contributed by atoms with E-state index in [1.54, 1.807) is 18.2 Å². The number of amides is 2. The Balaban J connectivity index is 2.14. The molecular formula is C13H14N2O4. The Kier molecular flexibility index (Phi) is 3.50. The van der Waals surface area contributed by atoms with Gasteiger partial charge in [0.2, 0.25) is 11.8 Å². The number of carbonyl (C=O) groups is 3. The molecule has 100 valence electrons. The zero-order chi connectivity index (χ0) is 14.0. The second-order valence-electron chi connectivity index (χ2n) is 4.51. The first-order chi connectivity index (χ1) is 8.95. The van der Waals surface area contributed by atoms with Gasteiger partial charge in [-0.15, -0.1) is 0 Å². The number of hydrogen-bond acceptors (Lipinski definition) is 3. The minimum absolute atomic E-state index is 0.0659. The zero-order valence-corrected chi connectivity index (χ0v) is 10.4. The molecule has 1 aromatic carbocycles. The summed E-state index contributed by atoms with van der Waals surface area (Å²) in [5, 5.41) is 14.1. The molecule has 1 aromatic rings. The molecule has 1 unspecified atom stereocenters. The Morgan fingerprint density at radius 1 is 1.47 bits per heavy atom. The number of hydrogen-bond donors (Lipinski definition) is 3. The molecule has 0 saturated heterocycles. The summed E-state index contributed by atoms with van der Waals surface area (Å²) in [6.45, 7) is 1.28. The Morgan fingerprint density at radius 3 is 2.84 bits per heavy atom. The first-order valence-corrected chi connectivity index (χ1v) is 5.87. The van der Waals surface area contributed by atoms with Gasteiger partial charge in [-0.05, 0) is 17.2 Å². The van der Waals surface area contributed by atoms with Crippen LogP contribution in [0.1, 0.15) is 18.1 Å². The van der Waals surface area contributed by atoms with Crippen LogP contribution in [0.5, 0.6) is 0 Å². The summed E-state index contributed by atoms with van der Waals surface area (Å²) >= 11 is 0. The van der Waals surface area contributed by atoms with Crippen molar-refractivity contribution in [2.45, 2.75) is 25.8 Å². The second kappa shape index (κ2) is 5.09. The van der Waals surface area contributed by atoms with Crippen molar-refractivity contribution in [1.29, 1.82) is 0 Å². The molecule has 2 rings (SSSR count). The predicted molar refractivity (Wildman–Crippen MR) is 67.7 cm³/mol. The van der Waals surface area contributed by atoms with Gasteiger partial charge in [0, 0.05) is 19.0 Å². The molecule has 0 fully saturated rings. The second-order valence-corrected chi connectivity index (χ2v) is 4.51. The summed E-state index contributed by atoms with van der Waals surface area (Å²) in [6.07, 6.45) is 0.497. The maximum atomic E-state index is 11.2. The highest BCUT2D eigenvalue weighted by Crippen LogP contribution is 2.24. The fourth-order valence-electron chi connectivity index (χ4n) is 2.09. The van der Waals surface area contributed by atoms with Gasteiger partial charge in [-0.25, -0.2) is 4.79 Å². The molecule has 6 nitrogen and oxygen atoms in total. The van der Waals surface area contributed by atoms with Crippen molar-refractivity contribution < 1.29 is 19.5 Å². The number of rotatable bonds is 4. The van der Waals surface area contributed by atoms with Gasteiger partial charge in [0.1, 0.15) is 6.04 Å². The predicted octanol–water partition coefficient (Wildman–Crippen LogP) is 0.313. The standard InChI is InChI=1S/C13H14N2O4/c1-7(16)14-11(13(18)19)5-8-2-3-10-9(4-8)6-12(17)15-10/h2-4,11H,5-6H2,1H3,(H,14,16)(H,15,17)(H,18,19). The maximum absolute atomic E-state index is 11.2. The molecule has 0 saturated carbocycles. The van der Waals surface area contributed by atoms with Gasteiger partial charge in [0.05, 0.1) is 6.42 Å². The molecule has 0 bridgehead atoms. The van der Waals surface area contributed by atoms with E-state index in [1.807, 2.05) is 0 Å². The average molecular weight is 262 g/mol. The van der Waals surface area contributed by atoms with Gasteiger partial charge in [0.15, 0.2) is 0 Å². The third kappa shape index (κ3) is 3.09. The van der Waals surface area contributed by atoms with Gasteiger partial charge in [-0.2, -0.15) is 0 Å². The Hall–Kier alpha value is -2.37. The molecule has 1 aliphatic heterocycles. The lowest BCUT2D eigenvalue weighted by atomic mass is 10.0. The first kappa shape index (κ1) is 13.1. The van der Waals surface area contributed by atoms with Crippen molar-refractivity contribution >= 4 is 23.5 Å².